The number of ether oxygens (including phenoxy) is 2. The molecule has 2 aliphatic rings. The molecule has 0 saturated carbocycles. The van der Waals surface area contributed by atoms with Crippen LogP contribution in [0, 0.1) is 11.8 Å². The summed E-state index contributed by atoms with van der Waals surface area (Å²) in [5.41, 5.74) is 4.76. The second-order valence-corrected chi connectivity index (χ2v) is 14.3. The van der Waals surface area contributed by atoms with Gasteiger partial charge in [-0.3, -0.25) is 14.4 Å². The van der Waals surface area contributed by atoms with Gasteiger partial charge in [0.05, 0.1) is 32.2 Å². The number of aromatic nitrogens is 2. The van der Waals surface area contributed by atoms with Crippen LogP contribution in [0.5, 0.6) is 0 Å². The number of hydrogen-bond acceptors (Lipinski definition) is 8. The molecule has 14 nitrogen and oxygen atoms in total. The molecule has 284 valence electrons. The third-order valence-electron chi connectivity index (χ3n) is 10.0. The van der Waals surface area contributed by atoms with Gasteiger partial charge in [-0.05, 0) is 59.8 Å². The highest BCUT2D eigenvalue weighted by atomic mass is 16.5. The van der Waals surface area contributed by atoms with Gasteiger partial charge >= 0.3 is 12.2 Å². The molecule has 14 heteroatoms. The lowest BCUT2D eigenvalue weighted by Crippen LogP contribution is -2.55. The number of carbonyl (C=O) groups is 5. The molecule has 5 amide bonds. The minimum atomic E-state index is -0.781. The quantitative estimate of drug-likeness (QED) is 0.206. The van der Waals surface area contributed by atoms with Crippen molar-refractivity contribution in [3.63, 3.8) is 0 Å². The van der Waals surface area contributed by atoms with Gasteiger partial charge in [0, 0.05) is 19.6 Å². The van der Waals surface area contributed by atoms with Crippen molar-refractivity contribution in [3.05, 3.63) is 66.1 Å². The molecule has 4 atom stereocenters. The van der Waals surface area contributed by atoms with E-state index in [-0.39, 0.29) is 35.6 Å². The molecule has 3 heterocycles. The third kappa shape index (κ3) is 9.16. The molecule has 0 spiro atoms. The summed E-state index contributed by atoms with van der Waals surface area (Å²) in [5.74, 6) is -0.234. The Labute approximate surface area is 310 Å². The van der Waals surface area contributed by atoms with Gasteiger partial charge in [0.25, 0.3) is 0 Å². The molecule has 0 aliphatic carbocycles. The molecule has 0 bridgehead atoms. The average molecular weight is 730 g/mol. The van der Waals surface area contributed by atoms with Gasteiger partial charge in [-0.1, -0.05) is 76.2 Å². The van der Waals surface area contributed by atoms with E-state index in [0.717, 1.165) is 40.8 Å². The fraction of sp³-hybridized carbons (Fsp3) is 0.487. The summed E-state index contributed by atoms with van der Waals surface area (Å²) in [6.07, 6.45) is 3.34. The van der Waals surface area contributed by atoms with E-state index >= 15 is 0 Å². The maximum Gasteiger partial charge on any atom is 0.407 e. The summed E-state index contributed by atoms with van der Waals surface area (Å²) < 4.78 is 9.43. The van der Waals surface area contributed by atoms with Gasteiger partial charge < -0.3 is 40.2 Å². The van der Waals surface area contributed by atoms with Crippen molar-refractivity contribution in [2.24, 2.45) is 11.8 Å². The molecule has 0 unspecified atom stereocenters. The van der Waals surface area contributed by atoms with Crippen molar-refractivity contribution >= 4 is 29.9 Å². The molecule has 2 aliphatic heterocycles. The van der Waals surface area contributed by atoms with Crippen molar-refractivity contribution in [1.29, 1.82) is 0 Å². The molecular weight excluding hydrogens is 678 g/mol. The highest BCUT2D eigenvalue weighted by Crippen LogP contribution is 2.33. The molecule has 53 heavy (non-hydrogen) atoms. The molecule has 5 rings (SSSR count). The molecular formula is C39H51N7O7. The SMILES string of the molecule is COC(=O)N[C@H](C(=O)N1CCC[C@H]1C(=O)NCc1ccc(-c2ccc(-c3cnc([C@@H]4CCCN4C(=O)[C@@H](NC(=O)OC)C(C)C)[nH]3)cc2)cc1)C(C)C. The van der Waals surface area contributed by atoms with E-state index in [2.05, 4.69) is 30.7 Å². The topological polar surface area (TPSA) is 175 Å². The summed E-state index contributed by atoms with van der Waals surface area (Å²) >= 11 is 0. The Morgan fingerprint density at radius 3 is 1.83 bits per heavy atom. The molecule has 2 fully saturated rings. The number of imidazole rings is 1. The second kappa shape index (κ2) is 17.4. The highest BCUT2D eigenvalue weighted by molar-refractivity contribution is 5.92. The molecule has 2 aromatic carbocycles. The number of aromatic amines is 1. The van der Waals surface area contributed by atoms with E-state index in [0.29, 0.717) is 38.3 Å². The van der Waals surface area contributed by atoms with Crippen LogP contribution < -0.4 is 16.0 Å². The highest BCUT2D eigenvalue weighted by Gasteiger charge is 2.39. The summed E-state index contributed by atoms with van der Waals surface area (Å²) in [4.78, 5) is 75.2. The summed E-state index contributed by atoms with van der Waals surface area (Å²) in [5, 5.41) is 8.27. The summed E-state index contributed by atoms with van der Waals surface area (Å²) in [6, 6.07) is 13.8. The summed E-state index contributed by atoms with van der Waals surface area (Å²) in [7, 11) is 2.53. The molecule has 0 radical (unpaired) electrons. The third-order valence-corrected chi connectivity index (χ3v) is 10.0. The fourth-order valence-corrected chi connectivity index (χ4v) is 6.99. The lowest BCUT2D eigenvalue weighted by molar-refractivity contribution is -0.140. The monoisotopic (exact) mass is 729 g/mol. The maximum atomic E-state index is 13.5. The maximum absolute atomic E-state index is 13.5. The van der Waals surface area contributed by atoms with Gasteiger partial charge in [-0.25, -0.2) is 14.6 Å². The van der Waals surface area contributed by atoms with E-state index in [1.807, 2.05) is 76.2 Å². The van der Waals surface area contributed by atoms with Crippen LogP contribution in [0.25, 0.3) is 22.4 Å². The van der Waals surface area contributed by atoms with Crippen molar-refractivity contribution in [3.8, 4) is 22.4 Å². The Hall–Kier alpha value is -5.40. The lowest BCUT2D eigenvalue weighted by Gasteiger charge is -2.30. The van der Waals surface area contributed by atoms with E-state index in [9.17, 15) is 24.0 Å². The van der Waals surface area contributed by atoms with Crippen molar-refractivity contribution in [1.82, 2.24) is 35.7 Å². The Bertz CT molecular complexity index is 1760. The van der Waals surface area contributed by atoms with Crippen molar-refractivity contribution < 1.29 is 33.4 Å². The Morgan fingerprint density at radius 2 is 1.26 bits per heavy atom. The predicted molar refractivity (Wildman–Crippen MR) is 198 cm³/mol. The van der Waals surface area contributed by atoms with Crippen LogP contribution in [0.4, 0.5) is 9.59 Å². The van der Waals surface area contributed by atoms with E-state index in [4.69, 9.17) is 4.74 Å². The van der Waals surface area contributed by atoms with Crippen molar-refractivity contribution in [2.45, 2.75) is 84.1 Å². The fourth-order valence-electron chi connectivity index (χ4n) is 6.99. The van der Waals surface area contributed by atoms with Crippen LogP contribution in [0.3, 0.4) is 0 Å². The molecule has 4 N–H and O–H groups in total. The smallest absolute Gasteiger partial charge is 0.407 e. The zero-order valence-corrected chi connectivity index (χ0v) is 31.3. The lowest BCUT2D eigenvalue weighted by atomic mass is 10.0. The standard InChI is InChI=1S/C39H51N7O7/c1-23(2)32(43-38(50)52-5)36(48)45-19-7-9-30(45)34-40-22-29(42-34)28-17-15-27(16-18-28)26-13-11-25(12-14-26)21-41-35(47)31-10-8-20-46(31)37(49)33(24(3)4)44-39(51)53-6/h11-18,22-24,30-33H,7-10,19-21H2,1-6H3,(H,40,42)(H,41,47)(H,43,50)(H,44,51)/t30-,31-,32-,33-/m0/s1. The normalized spacial score (nSPS) is 18.1. The minimum absolute atomic E-state index is 0.111. The van der Waals surface area contributed by atoms with Gasteiger partial charge in [0.2, 0.25) is 17.7 Å². The Morgan fingerprint density at radius 1 is 0.755 bits per heavy atom. The number of amides is 5. The van der Waals surface area contributed by atoms with Crippen LogP contribution in [0.2, 0.25) is 0 Å². The van der Waals surface area contributed by atoms with Crippen LogP contribution in [0.1, 0.15) is 70.8 Å². The largest absolute Gasteiger partial charge is 0.453 e. The van der Waals surface area contributed by atoms with Crippen molar-refractivity contribution in [2.75, 3.05) is 27.3 Å². The first kappa shape index (κ1) is 38.8. The first-order valence-corrected chi connectivity index (χ1v) is 18.2. The molecule has 1 aromatic heterocycles. The van der Waals surface area contributed by atoms with Gasteiger partial charge in [-0.15, -0.1) is 0 Å². The van der Waals surface area contributed by atoms with Crippen LogP contribution in [0.15, 0.2) is 54.7 Å². The van der Waals surface area contributed by atoms with Crippen LogP contribution >= 0.6 is 0 Å². The number of H-pyrrole nitrogens is 1. The number of likely N-dealkylation sites (tertiary alicyclic amines) is 2. The second-order valence-electron chi connectivity index (χ2n) is 14.3. The zero-order chi connectivity index (χ0) is 38.2. The Kier molecular flexibility index (Phi) is 12.8. The first-order chi connectivity index (χ1) is 25.4. The van der Waals surface area contributed by atoms with Gasteiger partial charge in [-0.2, -0.15) is 0 Å². The Balaban J connectivity index is 1.17. The predicted octanol–water partition coefficient (Wildman–Crippen LogP) is 4.78. The number of carbonyl (C=O) groups excluding carboxylic acids is 5. The minimum Gasteiger partial charge on any atom is -0.453 e. The van der Waals surface area contributed by atoms with Crippen LogP contribution in [-0.4, -0.2) is 95.1 Å². The number of nitrogens with zero attached hydrogens (tertiary/aromatic N) is 3. The number of alkyl carbamates (subject to hydrolysis) is 2. The number of nitrogens with one attached hydrogen (secondary N) is 4. The molecule has 3 aromatic rings. The number of rotatable bonds is 12. The van der Waals surface area contributed by atoms with E-state index in [1.54, 1.807) is 16.0 Å². The number of methoxy groups -OCH3 is 2. The molecule has 2 saturated heterocycles. The number of hydrogen-bond donors (Lipinski definition) is 4. The number of benzene rings is 2. The van der Waals surface area contributed by atoms with Gasteiger partial charge in [0.15, 0.2) is 0 Å². The average Bonchev–Trinajstić information content (AvgIpc) is 3.96. The van der Waals surface area contributed by atoms with Crippen LogP contribution in [-0.2, 0) is 30.4 Å². The van der Waals surface area contributed by atoms with Gasteiger partial charge in [0.1, 0.15) is 23.9 Å². The van der Waals surface area contributed by atoms with E-state index < -0.39 is 30.3 Å². The first-order valence-electron chi connectivity index (χ1n) is 18.2. The van der Waals surface area contributed by atoms with E-state index in [1.165, 1.54) is 14.2 Å². The zero-order valence-electron chi connectivity index (χ0n) is 31.3. The summed E-state index contributed by atoms with van der Waals surface area (Å²) in [6.45, 7) is 8.81.